The molecule has 1 unspecified atom stereocenters. The van der Waals surface area contributed by atoms with E-state index in [1.165, 1.54) is 18.2 Å². The third-order valence-electron chi connectivity index (χ3n) is 4.15. The molecule has 0 saturated carbocycles. The number of non-ortho nitro benzene ring substituents is 1. The summed E-state index contributed by atoms with van der Waals surface area (Å²) in [5.74, 6) is 0. The first-order valence-electron chi connectivity index (χ1n) is 7.61. The van der Waals surface area contributed by atoms with Crippen molar-refractivity contribution < 1.29 is 14.8 Å². The molecule has 124 valence electrons. The van der Waals surface area contributed by atoms with Crippen LogP contribution in [0.3, 0.4) is 0 Å². The van der Waals surface area contributed by atoms with Crippen LogP contribution in [0.5, 0.6) is 0 Å². The normalized spacial score (nSPS) is 16.4. The number of urea groups is 1. The number of nitrogens with zero attached hydrogens (tertiary/aromatic N) is 2. The molecule has 2 aromatic carbocycles. The number of benzene rings is 2. The van der Waals surface area contributed by atoms with E-state index in [4.69, 9.17) is 0 Å². The smallest absolute Gasteiger partial charge is 0.322 e. The van der Waals surface area contributed by atoms with Gasteiger partial charge in [-0.25, -0.2) is 4.79 Å². The molecule has 2 aromatic rings. The van der Waals surface area contributed by atoms with E-state index in [0.29, 0.717) is 18.7 Å². The Hall–Kier alpha value is -2.93. The maximum absolute atomic E-state index is 12.6. The molecule has 1 aliphatic rings. The topological polar surface area (TPSA) is 95.7 Å². The number of rotatable bonds is 3. The Bertz CT molecular complexity index is 778. The Kier molecular flexibility index (Phi) is 4.43. The highest BCUT2D eigenvalue weighted by Gasteiger charge is 2.30. The van der Waals surface area contributed by atoms with Crippen LogP contribution in [0.25, 0.3) is 0 Å². The summed E-state index contributed by atoms with van der Waals surface area (Å²) in [5.41, 5.74) is 2.32. The van der Waals surface area contributed by atoms with E-state index in [1.54, 1.807) is 11.0 Å². The maximum atomic E-state index is 12.6. The number of anilines is 1. The third-order valence-corrected chi connectivity index (χ3v) is 4.15. The second-order valence-corrected chi connectivity index (χ2v) is 5.58. The number of carbonyl (C=O) groups is 1. The molecule has 0 fully saturated rings. The van der Waals surface area contributed by atoms with Crippen LogP contribution >= 0.6 is 0 Å². The van der Waals surface area contributed by atoms with Gasteiger partial charge in [0.25, 0.3) is 5.69 Å². The van der Waals surface area contributed by atoms with Gasteiger partial charge in [-0.05, 0) is 23.6 Å². The van der Waals surface area contributed by atoms with Gasteiger partial charge in [-0.2, -0.15) is 0 Å². The van der Waals surface area contributed by atoms with E-state index in [0.717, 1.165) is 11.1 Å². The van der Waals surface area contributed by atoms with Crippen LogP contribution in [0.2, 0.25) is 0 Å². The predicted octanol–water partition coefficient (Wildman–Crippen LogP) is 2.72. The molecule has 1 aliphatic heterocycles. The third kappa shape index (κ3) is 3.07. The zero-order valence-electron chi connectivity index (χ0n) is 12.9. The zero-order valence-corrected chi connectivity index (χ0v) is 12.9. The average Bonchev–Trinajstić information content (AvgIpc) is 2.60. The molecule has 0 saturated heterocycles. The van der Waals surface area contributed by atoms with Gasteiger partial charge in [0.2, 0.25) is 0 Å². The van der Waals surface area contributed by atoms with Gasteiger partial charge in [0.05, 0.1) is 17.6 Å². The minimum Gasteiger partial charge on any atom is -0.394 e. The average molecular weight is 327 g/mol. The minimum atomic E-state index is -0.511. The Labute approximate surface area is 138 Å². The first kappa shape index (κ1) is 15.9. The lowest BCUT2D eigenvalue weighted by Gasteiger charge is -2.36. The molecule has 1 heterocycles. The quantitative estimate of drug-likeness (QED) is 0.669. The van der Waals surface area contributed by atoms with Crippen LogP contribution in [-0.2, 0) is 6.42 Å². The van der Waals surface area contributed by atoms with Crippen molar-refractivity contribution in [3.63, 3.8) is 0 Å². The standard InChI is InChI=1S/C17H17N3O4/c21-11-16-15-7-2-1-4-12(15)8-9-19(16)17(22)18-13-5-3-6-14(10-13)20(23)24/h1-7,10,16,21H,8-9,11H2,(H,18,22). The number of hydrogen-bond donors (Lipinski definition) is 2. The predicted molar refractivity (Wildman–Crippen MR) is 88.8 cm³/mol. The molecule has 0 spiro atoms. The Balaban J connectivity index is 1.80. The number of fused-ring (bicyclic) bond motifs is 1. The molecule has 1 atom stereocenters. The Morgan fingerprint density at radius 2 is 2.08 bits per heavy atom. The van der Waals surface area contributed by atoms with E-state index in [1.807, 2.05) is 24.3 Å². The highest BCUT2D eigenvalue weighted by molar-refractivity contribution is 5.90. The summed E-state index contributed by atoms with van der Waals surface area (Å²) in [6, 6.07) is 12.7. The van der Waals surface area contributed by atoms with Crippen molar-refractivity contribution in [2.75, 3.05) is 18.5 Å². The first-order valence-corrected chi connectivity index (χ1v) is 7.61. The van der Waals surface area contributed by atoms with Crippen molar-refractivity contribution in [2.24, 2.45) is 0 Å². The summed E-state index contributed by atoms with van der Waals surface area (Å²) in [6.45, 7) is 0.294. The van der Waals surface area contributed by atoms with E-state index in [-0.39, 0.29) is 18.3 Å². The van der Waals surface area contributed by atoms with Crippen LogP contribution in [0.4, 0.5) is 16.2 Å². The first-order chi connectivity index (χ1) is 11.6. The van der Waals surface area contributed by atoms with Crippen molar-refractivity contribution in [2.45, 2.75) is 12.5 Å². The molecule has 24 heavy (non-hydrogen) atoms. The highest BCUT2D eigenvalue weighted by Crippen LogP contribution is 2.30. The second-order valence-electron chi connectivity index (χ2n) is 5.58. The van der Waals surface area contributed by atoms with E-state index in [9.17, 15) is 20.0 Å². The lowest BCUT2D eigenvalue weighted by atomic mass is 9.93. The van der Waals surface area contributed by atoms with Crippen LogP contribution in [0.15, 0.2) is 48.5 Å². The highest BCUT2D eigenvalue weighted by atomic mass is 16.6. The maximum Gasteiger partial charge on any atom is 0.322 e. The van der Waals surface area contributed by atoms with Crippen LogP contribution in [0, 0.1) is 10.1 Å². The number of hydrogen-bond acceptors (Lipinski definition) is 4. The summed E-state index contributed by atoms with van der Waals surface area (Å²) >= 11 is 0. The lowest BCUT2D eigenvalue weighted by molar-refractivity contribution is -0.384. The fraction of sp³-hybridized carbons (Fsp3) is 0.235. The lowest BCUT2D eigenvalue weighted by Crippen LogP contribution is -2.43. The van der Waals surface area contributed by atoms with Crippen LogP contribution in [0.1, 0.15) is 17.2 Å². The number of nitrogens with one attached hydrogen (secondary N) is 1. The summed E-state index contributed by atoms with van der Waals surface area (Å²) in [4.78, 5) is 24.4. The van der Waals surface area contributed by atoms with Gasteiger partial charge in [0.15, 0.2) is 0 Å². The molecule has 7 heteroatoms. The monoisotopic (exact) mass is 327 g/mol. The number of carbonyl (C=O) groups excluding carboxylic acids is 1. The molecule has 0 aliphatic carbocycles. The van der Waals surface area contributed by atoms with E-state index in [2.05, 4.69) is 5.32 Å². The molecule has 0 radical (unpaired) electrons. The number of aliphatic hydroxyl groups is 1. The molecule has 3 rings (SSSR count). The van der Waals surface area contributed by atoms with Gasteiger partial charge in [-0.1, -0.05) is 30.3 Å². The number of nitro benzene ring substituents is 1. The number of amides is 2. The number of nitro groups is 1. The van der Waals surface area contributed by atoms with Crippen molar-refractivity contribution in [3.05, 3.63) is 69.8 Å². The minimum absolute atomic E-state index is 0.0875. The fourth-order valence-electron chi connectivity index (χ4n) is 2.98. The van der Waals surface area contributed by atoms with Gasteiger partial charge in [0.1, 0.15) is 0 Å². The summed E-state index contributed by atoms with van der Waals surface area (Å²) < 4.78 is 0. The van der Waals surface area contributed by atoms with Gasteiger partial charge in [0, 0.05) is 24.4 Å². The molecule has 7 nitrogen and oxygen atoms in total. The van der Waals surface area contributed by atoms with Gasteiger partial charge in [-0.3, -0.25) is 10.1 Å². The molecular weight excluding hydrogens is 310 g/mol. The van der Waals surface area contributed by atoms with E-state index >= 15 is 0 Å². The second kappa shape index (κ2) is 6.67. The van der Waals surface area contributed by atoms with Crippen molar-refractivity contribution >= 4 is 17.4 Å². The summed E-state index contributed by atoms with van der Waals surface area (Å²) in [5, 5.41) is 23.2. The summed E-state index contributed by atoms with van der Waals surface area (Å²) in [6.07, 6.45) is 0.703. The van der Waals surface area contributed by atoms with Crippen molar-refractivity contribution in [1.29, 1.82) is 0 Å². The largest absolute Gasteiger partial charge is 0.394 e. The molecular formula is C17H17N3O4. The SMILES string of the molecule is O=C(Nc1cccc([N+](=O)[O-])c1)N1CCc2ccccc2C1CO. The molecule has 2 amide bonds. The molecule has 2 N–H and O–H groups in total. The van der Waals surface area contributed by atoms with Crippen LogP contribution in [-0.4, -0.2) is 34.1 Å². The Morgan fingerprint density at radius 1 is 1.29 bits per heavy atom. The van der Waals surface area contributed by atoms with Gasteiger partial charge in [-0.15, -0.1) is 0 Å². The van der Waals surface area contributed by atoms with E-state index < -0.39 is 11.0 Å². The fourth-order valence-corrected chi connectivity index (χ4v) is 2.98. The summed E-state index contributed by atoms with van der Waals surface area (Å²) in [7, 11) is 0. The van der Waals surface area contributed by atoms with Crippen molar-refractivity contribution in [1.82, 2.24) is 4.90 Å². The van der Waals surface area contributed by atoms with Gasteiger partial charge < -0.3 is 15.3 Å². The number of aliphatic hydroxyl groups excluding tert-OH is 1. The molecule has 0 bridgehead atoms. The Morgan fingerprint density at radius 3 is 2.83 bits per heavy atom. The molecule has 0 aromatic heterocycles. The van der Waals surface area contributed by atoms with Crippen LogP contribution < -0.4 is 5.32 Å². The van der Waals surface area contributed by atoms with Gasteiger partial charge >= 0.3 is 6.03 Å². The zero-order chi connectivity index (χ0) is 17.1. The van der Waals surface area contributed by atoms with Crippen molar-refractivity contribution in [3.8, 4) is 0 Å².